The summed E-state index contributed by atoms with van der Waals surface area (Å²) >= 11 is 0. The van der Waals surface area contributed by atoms with Crippen LogP contribution in [-0.4, -0.2) is 51.2 Å². The lowest BCUT2D eigenvalue weighted by molar-refractivity contribution is -0.134. The van der Waals surface area contributed by atoms with Gasteiger partial charge in [-0.25, -0.2) is 0 Å². The lowest BCUT2D eigenvalue weighted by Gasteiger charge is -2.45. The van der Waals surface area contributed by atoms with Gasteiger partial charge in [0.2, 0.25) is 0 Å². The molecule has 1 aliphatic heterocycles. The summed E-state index contributed by atoms with van der Waals surface area (Å²) in [5.74, 6) is 0.738. The number of ether oxygens (including phenoxy) is 3. The van der Waals surface area contributed by atoms with E-state index in [1.807, 2.05) is 6.92 Å². The van der Waals surface area contributed by atoms with Gasteiger partial charge in [-0.1, -0.05) is 0 Å². The van der Waals surface area contributed by atoms with Gasteiger partial charge in [0.15, 0.2) is 0 Å². The van der Waals surface area contributed by atoms with Crippen molar-refractivity contribution in [1.82, 2.24) is 5.32 Å². The average Bonchev–Trinajstić information content (AvgIpc) is 2.38. The molecule has 1 saturated heterocycles. The van der Waals surface area contributed by atoms with Crippen LogP contribution >= 0.6 is 0 Å². The van der Waals surface area contributed by atoms with Gasteiger partial charge in [0.05, 0.1) is 12.2 Å². The van der Waals surface area contributed by atoms with Crippen LogP contribution in [0.5, 0.6) is 0 Å². The van der Waals surface area contributed by atoms with Crippen LogP contribution < -0.4 is 5.32 Å². The number of hydrogen-bond donors (Lipinski definition) is 1. The predicted octanol–water partition coefficient (Wildman–Crippen LogP) is 1.58. The Morgan fingerprint density at radius 2 is 2.06 bits per heavy atom. The molecule has 4 unspecified atom stereocenters. The van der Waals surface area contributed by atoms with Gasteiger partial charge in [-0.05, 0) is 39.0 Å². The van der Waals surface area contributed by atoms with Crippen LogP contribution in [0.25, 0.3) is 0 Å². The Hall–Kier alpha value is -0.160. The Morgan fingerprint density at radius 1 is 1.33 bits per heavy atom. The molecule has 0 amide bonds. The van der Waals surface area contributed by atoms with Crippen LogP contribution in [0.2, 0.25) is 0 Å². The number of nitrogens with one attached hydrogen (secondary N) is 1. The predicted molar refractivity (Wildman–Crippen MR) is 70.8 cm³/mol. The molecule has 1 heterocycles. The van der Waals surface area contributed by atoms with Crippen molar-refractivity contribution in [2.45, 2.75) is 57.4 Å². The molecule has 0 spiro atoms. The van der Waals surface area contributed by atoms with E-state index in [2.05, 4.69) is 12.2 Å². The molecule has 106 valence electrons. The van der Waals surface area contributed by atoms with E-state index in [0.717, 1.165) is 32.2 Å². The molecule has 0 radical (unpaired) electrons. The summed E-state index contributed by atoms with van der Waals surface area (Å²) in [6.45, 7) is 6.93. The first-order valence-corrected chi connectivity index (χ1v) is 7.24. The van der Waals surface area contributed by atoms with Gasteiger partial charge in [-0.15, -0.1) is 0 Å². The van der Waals surface area contributed by atoms with Crippen molar-refractivity contribution >= 4 is 0 Å². The molecule has 1 N–H and O–H groups in total. The summed E-state index contributed by atoms with van der Waals surface area (Å²) in [5, 5.41) is 3.71. The Balaban J connectivity index is 1.75. The number of methoxy groups -OCH3 is 1. The van der Waals surface area contributed by atoms with Crippen LogP contribution in [0, 0.1) is 5.92 Å². The first-order chi connectivity index (χ1) is 8.76. The Bertz CT molecular complexity index is 243. The van der Waals surface area contributed by atoms with E-state index in [1.165, 1.54) is 12.8 Å². The van der Waals surface area contributed by atoms with E-state index in [-0.39, 0.29) is 12.2 Å². The van der Waals surface area contributed by atoms with E-state index < -0.39 is 0 Å². The average molecular weight is 257 g/mol. The van der Waals surface area contributed by atoms with Gasteiger partial charge in [-0.3, -0.25) is 0 Å². The van der Waals surface area contributed by atoms with Gasteiger partial charge in [0.1, 0.15) is 0 Å². The van der Waals surface area contributed by atoms with E-state index in [1.54, 1.807) is 7.11 Å². The monoisotopic (exact) mass is 257 g/mol. The van der Waals surface area contributed by atoms with Crippen molar-refractivity contribution in [2.75, 3.05) is 26.9 Å². The molecule has 1 saturated carbocycles. The van der Waals surface area contributed by atoms with Crippen LogP contribution in [0.15, 0.2) is 0 Å². The van der Waals surface area contributed by atoms with Gasteiger partial charge in [0, 0.05) is 39.0 Å². The van der Waals surface area contributed by atoms with E-state index >= 15 is 0 Å². The smallest absolute Gasteiger partial charge is 0.0986 e. The van der Waals surface area contributed by atoms with Crippen molar-refractivity contribution in [1.29, 1.82) is 0 Å². The second-order valence-electron chi connectivity index (χ2n) is 5.44. The minimum Gasteiger partial charge on any atom is -0.381 e. The zero-order chi connectivity index (χ0) is 13.0. The molecule has 4 atom stereocenters. The molecule has 4 nitrogen and oxygen atoms in total. The third kappa shape index (κ3) is 3.23. The third-order valence-corrected chi connectivity index (χ3v) is 4.35. The van der Waals surface area contributed by atoms with Crippen LogP contribution in [0.4, 0.5) is 0 Å². The van der Waals surface area contributed by atoms with Crippen molar-refractivity contribution in [3.8, 4) is 0 Å². The summed E-state index contributed by atoms with van der Waals surface area (Å²) in [7, 11) is 1.78. The van der Waals surface area contributed by atoms with E-state index in [4.69, 9.17) is 14.2 Å². The molecule has 2 fully saturated rings. The minimum absolute atomic E-state index is 0.215. The quantitative estimate of drug-likeness (QED) is 0.784. The standard InChI is InChI=1S/C14H27NO3/c1-4-18-13-9-12(14(13)16-3)15-10(2)11-5-7-17-8-6-11/h10-15H,4-9H2,1-3H3. The highest BCUT2D eigenvalue weighted by atomic mass is 16.5. The Morgan fingerprint density at radius 3 is 2.67 bits per heavy atom. The van der Waals surface area contributed by atoms with Crippen LogP contribution in [0.3, 0.4) is 0 Å². The zero-order valence-corrected chi connectivity index (χ0v) is 11.9. The number of hydrogen-bond acceptors (Lipinski definition) is 4. The molecule has 1 aliphatic carbocycles. The molecule has 0 aromatic carbocycles. The molecular weight excluding hydrogens is 230 g/mol. The number of rotatable bonds is 6. The summed E-state index contributed by atoms with van der Waals surface area (Å²) in [6.07, 6.45) is 3.91. The van der Waals surface area contributed by atoms with Crippen LogP contribution in [-0.2, 0) is 14.2 Å². The minimum atomic E-state index is 0.215. The van der Waals surface area contributed by atoms with Gasteiger partial charge in [0.25, 0.3) is 0 Å². The summed E-state index contributed by atoms with van der Waals surface area (Å²) in [4.78, 5) is 0. The highest BCUT2D eigenvalue weighted by Crippen LogP contribution is 2.29. The maximum atomic E-state index is 5.65. The zero-order valence-electron chi connectivity index (χ0n) is 11.9. The molecule has 2 aliphatic rings. The molecule has 0 aromatic rings. The molecular formula is C14H27NO3. The fourth-order valence-electron chi connectivity index (χ4n) is 3.13. The first kappa shape index (κ1) is 14.3. The normalized spacial score (nSPS) is 35.2. The largest absolute Gasteiger partial charge is 0.381 e. The fourth-order valence-corrected chi connectivity index (χ4v) is 3.13. The fraction of sp³-hybridized carbons (Fsp3) is 1.00. The van der Waals surface area contributed by atoms with Gasteiger partial charge >= 0.3 is 0 Å². The molecule has 2 rings (SSSR count). The van der Waals surface area contributed by atoms with Gasteiger partial charge in [-0.2, -0.15) is 0 Å². The maximum Gasteiger partial charge on any atom is 0.0986 e. The molecule has 0 bridgehead atoms. The summed E-state index contributed by atoms with van der Waals surface area (Å²) in [6, 6.07) is 0.989. The Labute approximate surface area is 110 Å². The lowest BCUT2D eigenvalue weighted by Crippen LogP contribution is -2.62. The van der Waals surface area contributed by atoms with E-state index in [9.17, 15) is 0 Å². The lowest BCUT2D eigenvalue weighted by atomic mass is 9.83. The topological polar surface area (TPSA) is 39.7 Å². The molecule has 0 aromatic heterocycles. The highest BCUT2D eigenvalue weighted by Gasteiger charge is 2.43. The molecule has 4 heteroatoms. The van der Waals surface area contributed by atoms with Crippen molar-refractivity contribution in [3.05, 3.63) is 0 Å². The Kier molecular flexibility index (Phi) is 5.42. The first-order valence-electron chi connectivity index (χ1n) is 7.24. The van der Waals surface area contributed by atoms with Gasteiger partial charge < -0.3 is 19.5 Å². The second-order valence-corrected chi connectivity index (χ2v) is 5.44. The van der Waals surface area contributed by atoms with E-state index in [0.29, 0.717) is 12.1 Å². The second kappa shape index (κ2) is 6.85. The van der Waals surface area contributed by atoms with Crippen LogP contribution in [0.1, 0.15) is 33.1 Å². The SMILES string of the molecule is CCOC1CC(NC(C)C2CCOCC2)C1OC. The summed E-state index contributed by atoms with van der Waals surface area (Å²) in [5.41, 5.74) is 0. The third-order valence-electron chi connectivity index (χ3n) is 4.35. The van der Waals surface area contributed by atoms with Crippen molar-refractivity contribution in [3.63, 3.8) is 0 Å². The summed E-state index contributed by atoms with van der Waals surface area (Å²) < 4.78 is 16.6. The van der Waals surface area contributed by atoms with Crippen molar-refractivity contribution < 1.29 is 14.2 Å². The molecule has 18 heavy (non-hydrogen) atoms. The maximum absolute atomic E-state index is 5.65. The van der Waals surface area contributed by atoms with Crippen molar-refractivity contribution in [2.24, 2.45) is 5.92 Å². The highest BCUT2D eigenvalue weighted by molar-refractivity contribution is 4.98.